The maximum atomic E-state index is 13.5. The number of benzene rings is 2. The molecule has 0 bridgehead atoms. The van der Waals surface area contributed by atoms with Crippen LogP contribution < -0.4 is 4.74 Å². The number of amides is 1. The van der Waals surface area contributed by atoms with Crippen LogP contribution in [0.1, 0.15) is 50.5 Å². The van der Waals surface area contributed by atoms with Gasteiger partial charge in [-0.1, -0.05) is 62.4 Å². The number of hydrogen-bond donors (Lipinski definition) is 0. The van der Waals surface area contributed by atoms with Crippen LogP contribution in [-0.2, 0) is 4.79 Å². The van der Waals surface area contributed by atoms with Crippen molar-refractivity contribution in [3.05, 3.63) is 65.1 Å². The minimum atomic E-state index is -2.86. The third kappa shape index (κ3) is 5.76. The summed E-state index contributed by atoms with van der Waals surface area (Å²) in [6.07, 6.45) is 9.64. The molecular formula is C25H26F2N2O2S. The van der Waals surface area contributed by atoms with E-state index in [4.69, 9.17) is 4.99 Å². The van der Waals surface area contributed by atoms with Crippen LogP contribution in [0, 0.1) is 0 Å². The summed E-state index contributed by atoms with van der Waals surface area (Å²) in [5, 5.41) is 0.704. The maximum Gasteiger partial charge on any atom is 0.387 e. The summed E-state index contributed by atoms with van der Waals surface area (Å²) in [4.78, 5) is 20.7. The average molecular weight is 457 g/mol. The van der Waals surface area contributed by atoms with Gasteiger partial charge in [-0.3, -0.25) is 9.69 Å². The highest BCUT2D eigenvalue weighted by Gasteiger charge is 2.38. The molecule has 0 N–H and O–H groups in total. The van der Waals surface area contributed by atoms with Crippen molar-refractivity contribution in [1.29, 1.82) is 0 Å². The highest BCUT2D eigenvalue weighted by Crippen LogP contribution is 2.38. The highest BCUT2D eigenvalue weighted by atomic mass is 32.2. The molecule has 32 heavy (non-hydrogen) atoms. The fraction of sp³-hybridized carbons (Fsp3) is 0.360. The standard InChI is InChI=1S/C25H26F2N2O2S/c26-24(27)31-21-15-13-18(14-16-21)17-22-23(30)29(20-11-7-2-1-3-8-12-20)25(32-22)28-19-9-5-4-6-10-19/h4-6,9-10,13-17,20,24H,1-3,7-8,11-12H2/b22-17-,28-25?. The molecule has 2 fully saturated rings. The number of ether oxygens (including phenoxy) is 1. The second-order valence-electron chi connectivity index (χ2n) is 7.96. The number of nitrogens with zero attached hydrogens (tertiary/aromatic N) is 2. The molecule has 1 aliphatic carbocycles. The summed E-state index contributed by atoms with van der Waals surface area (Å²) >= 11 is 1.37. The van der Waals surface area contributed by atoms with Crippen LogP contribution in [0.5, 0.6) is 5.75 Å². The zero-order chi connectivity index (χ0) is 22.3. The summed E-state index contributed by atoms with van der Waals surface area (Å²) in [7, 11) is 0. The molecule has 0 spiro atoms. The zero-order valence-electron chi connectivity index (χ0n) is 17.8. The highest BCUT2D eigenvalue weighted by molar-refractivity contribution is 8.18. The number of thioether (sulfide) groups is 1. The zero-order valence-corrected chi connectivity index (χ0v) is 18.6. The lowest BCUT2D eigenvalue weighted by Crippen LogP contribution is -2.39. The number of alkyl halides is 2. The van der Waals surface area contributed by atoms with Crippen LogP contribution >= 0.6 is 11.8 Å². The van der Waals surface area contributed by atoms with Crippen LogP contribution in [0.2, 0.25) is 0 Å². The Morgan fingerprint density at radius 1 is 0.969 bits per heavy atom. The van der Waals surface area contributed by atoms with E-state index in [-0.39, 0.29) is 17.7 Å². The van der Waals surface area contributed by atoms with E-state index in [1.807, 2.05) is 35.2 Å². The molecule has 0 unspecified atom stereocenters. The third-order valence-electron chi connectivity index (χ3n) is 5.66. The van der Waals surface area contributed by atoms with E-state index in [2.05, 4.69) is 4.74 Å². The van der Waals surface area contributed by atoms with E-state index in [1.165, 1.54) is 43.2 Å². The van der Waals surface area contributed by atoms with Gasteiger partial charge in [0, 0.05) is 6.04 Å². The van der Waals surface area contributed by atoms with Gasteiger partial charge in [-0.25, -0.2) is 4.99 Å². The Hall–Kier alpha value is -2.67. The molecule has 2 aromatic rings. The third-order valence-corrected chi connectivity index (χ3v) is 6.64. The molecule has 1 aliphatic heterocycles. The number of halogens is 2. The SMILES string of the molecule is O=C1/C(=C/c2ccc(OC(F)F)cc2)SC(=Nc2ccccc2)N1C1CCCCCCC1. The molecule has 168 valence electrons. The van der Waals surface area contributed by atoms with Gasteiger partial charge in [0.15, 0.2) is 5.17 Å². The van der Waals surface area contributed by atoms with Gasteiger partial charge in [-0.2, -0.15) is 8.78 Å². The predicted octanol–water partition coefficient (Wildman–Crippen LogP) is 7.00. The molecule has 0 atom stereocenters. The number of aliphatic imine (C=N–C) groups is 1. The van der Waals surface area contributed by atoms with Crippen molar-refractivity contribution in [2.75, 3.05) is 0 Å². The normalized spacial score (nSPS) is 20.7. The number of hydrogen-bond acceptors (Lipinski definition) is 4. The van der Waals surface area contributed by atoms with Gasteiger partial charge in [0.05, 0.1) is 10.6 Å². The molecule has 7 heteroatoms. The fourth-order valence-corrected chi connectivity index (χ4v) is 5.15. The second-order valence-corrected chi connectivity index (χ2v) is 8.97. The quantitative estimate of drug-likeness (QED) is 0.455. The van der Waals surface area contributed by atoms with Crippen molar-refractivity contribution in [1.82, 2.24) is 4.90 Å². The topological polar surface area (TPSA) is 41.9 Å². The van der Waals surface area contributed by atoms with E-state index < -0.39 is 6.61 Å². The number of carbonyl (C=O) groups excluding carboxylic acids is 1. The van der Waals surface area contributed by atoms with Gasteiger partial charge in [0.1, 0.15) is 5.75 Å². The molecule has 0 radical (unpaired) electrons. The van der Waals surface area contributed by atoms with Crippen molar-refractivity contribution in [3.8, 4) is 5.75 Å². The molecule has 4 nitrogen and oxygen atoms in total. The van der Waals surface area contributed by atoms with Crippen LogP contribution in [0.4, 0.5) is 14.5 Å². The summed E-state index contributed by atoms with van der Waals surface area (Å²) in [6.45, 7) is -2.86. The summed E-state index contributed by atoms with van der Waals surface area (Å²) in [5.74, 6) is 0.0539. The lowest BCUT2D eigenvalue weighted by atomic mass is 9.95. The van der Waals surface area contributed by atoms with Gasteiger partial charge in [0.25, 0.3) is 5.91 Å². The Morgan fingerprint density at radius 3 is 2.28 bits per heavy atom. The molecule has 1 heterocycles. The number of para-hydroxylation sites is 1. The van der Waals surface area contributed by atoms with Gasteiger partial charge in [-0.05, 0) is 60.5 Å². The van der Waals surface area contributed by atoms with Crippen LogP contribution in [0.3, 0.4) is 0 Å². The van der Waals surface area contributed by atoms with Gasteiger partial charge in [-0.15, -0.1) is 0 Å². The van der Waals surface area contributed by atoms with Crippen LogP contribution in [-0.4, -0.2) is 28.6 Å². The largest absolute Gasteiger partial charge is 0.435 e. The molecule has 1 amide bonds. The number of amidine groups is 1. The molecular weight excluding hydrogens is 430 g/mol. The van der Waals surface area contributed by atoms with E-state index in [9.17, 15) is 13.6 Å². The molecule has 2 aliphatic rings. The Labute approximate surface area is 191 Å². The van der Waals surface area contributed by atoms with Gasteiger partial charge >= 0.3 is 6.61 Å². The second kappa shape index (κ2) is 10.8. The summed E-state index contributed by atoms with van der Waals surface area (Å²) in [6, 6.07) is 16.1. The minimum absolute atomic E-state index is 0.0387. The Morgan fingerprint density at radius 2 is 1.62 bits per heavy atom. The first kappa shape index (κ1) is 22.5. The van der Waals surface area contributed by atoms with Crippen molar-refractivity contribution >= 4 is 34.6 Å². The van der Waals surface area contributed by atoms with Crippen molar-refractivity contribution < 1.29 is 18.3 Å². The summed E-state index contributed by atoms with van der Waals surface area (Å²) < 4.78 is 29.2. The van der Waals surface area contributed by atoms with Crippen LogP contribution in [0.15, 0.2) is 64.5 Å². The van der Waals surface area contributed by atoms with Gasteiger partial charge in [0.2, 0.25) is 0 Å². The first-order valence-corrected chi connectivity index (χ1v) is 11.8. The average Bonchev–Trinajstić information content (AvgIpc) is 3.04. The van der Waals surface area contributed by atoms with E-state index in [1.54, 1.807) is 18.2 Å². The van der Waals surface area contributed by atoms with Crippen molar-refractivity contribution in [2.45, 2.75) is 57.6 Å². The lowest BCUT2D eigenvalue weighted by Gasteiger charge is -2.28. The van der Waals surface area contributed by atoms with Gasteiger partial charge < -0.3 is 4.74 Å². The Kier molecular flexibility index (Phi) is 7.58. The number of rotatable bonds is 5. The number of carbonyl (C=O) groups is 1. The Bertz CT molecular complexity index is 969. The summed E-state index contributed by atoms with van der Waals surface area (Å²) in [5.41, 5.74) is 1.56. The monoisotopic (exact) mass is 456 g/mol. The molecule has 0 aromatic heterocycles. The van der Waals surface area contributed by atoms with E-state index >= 15 is 0 Å². The maximum absolute atomic E-state index is 13.5. The minimum Gasteiger partial charge on any atom is -0.435 e. The Balaban J connectivity index is 1.62. The fourth-order valence-electron chi connectivity index (χ4n) is 4.09. The lowest BCUT2D eigenvalue weighted by molar-refractivity contribution is -0.124. The molecule has 4 rings (SSSR count). The van der Waals surface area contributed by atoms with Crippen molar-refractivity contribution in [2.24, 2.45) is 4.99 Å². The molecule has 2 aromatic carbocycles. The van der Waals surface area contributed by atoms with Crippen molar-refractivity contribution in [3.63, 3.8) is 0 Å². The molecule has 1 saturated carbocycles. The first-order valence-electron chi connectivity index (χ1n) is 11.0. The van der Waals surface area contributed by atoms with Crippen LogP contribution in [0.25, 0.3) is 6.08 Å². The smallest absolute Gasteiger partial charge is 0.387 e. The van der Waals surface area contributed by atoms with E-state index in [0.29, 0.717) is 10.1 Å². The molecule has 1 saturated heterocycles. The van der Waals surface area contributed by atoms with E-state index in [0.717, 1.165) is 36.9 Å². The first-order chi connectivity index (χ1) is 15.6. The predicted molar refractivity (Wildman–Crippen MR) is 125 cm³/mol.